The molecular formula is C11H14BrNO3S. The number of Topliss-reactive ketones (excluding diaryl/α,β-unsaturated/α-hetero) is 1. The number of ketones is 1. The third-order valence-corrected chi connectivity index (χ3v) is 6.50. The van der Waals surface area contributed by atoms with Gasteiger partial charge in [-0.1, -0.05) is 22.9 Å². The molecule has 1 aromatic carbocycles. The lowest BCUT2D eigenvalue weighted by molar-refractivity contribution is 0.0983. The normalized spacial score (nSPS) is 15.2. The van der Waals surface area contributed by atoms with Gasteiger partial charge in [0.05, 0.1) is 0 Å². The second-order valence-corrected chi connectivity index (χ2v) is 8.51. The molecule has 0 fully saturated rings. The van der Waals surface area contributed by atoms with Crippen LogP contribution in [0.1, 0.15) is 24.2 Å². The Bertz CT molecular complexity index is 520. The highest BCUT2D eigenvalue weighted by Crippen LogP contribution is 2.30. The first-order valence-corrected chi connectivity index (χ1v) is 7.48. The number of hydrogen-bond acceptors (Lipinski definition) is 4. The van der Waals surface area contributed by atoms with Gasteiger partial charge in [0.2, 0.25) is 0 Å². The minimum atomic E-state index is -3.52. The third-order valence-electron chi connectivity index (χ3n) is 2.54. The molecule has 0 saturated heterocycles. The van der Waals surface area contributed by atoms with Crippen molar-refractivity contribution in [1.82, 2.24) is 0 Å². The Morgan fingerprint density at radius 3 is 2.24 bits per heavy atom. The number of sulfone groups is 1. The standard InChI is InChI=1S/C11H14BrNO3S/c1-3-17(15,16)11(2,12)10(14)8-4-6-9(13)7-5-8/h4-7H,3,13H2,1-2H3/t11-/m0/s1. The quantitative estimate of drug-likeness (QED) is 0.523. The van der Waals surface area contributed by atoms with Crippen molar-refractivity contribution < 1.29 is 13.2 Å². The summed E-state index contributed by atoms with van der Waals surface area (Å²) in [6, 6.07) is 6.16. The van der Waals surface area contributed by atoms with Crippen LogP contribution in [-0.4, -0.2) is 23.6 Å². The van der Waals surface area contributed by atoms with Gasteiger partial charge >= 0.3 is 0 Å². The molecule has 94 valence electrons. The van der Waals surface area contributed by atoms with Gasteiger partial charge in [0.15, 0.2) is 19.3 Å². The fourth-order valence-corrected chi connectivity index (χ4v) is 3.16. The first kappa shape index (κ1) is 14.2. The molecule has 0 aliphatic rings. The molecule has 0 radical (unpaired) electrons. The van der Waals surface area contributed by atoms with E-state index in [1.165, 1.54) is 26.0 Å². The predicted octanol–water partition coefficient (Wildman–Crippen LogP) is 2.00. The van der Waals surface area contributed by atoms with Crippen LogP contribution >= 0.6 is 15.9 Å². The van der Waals surface area contributed by atoms with E-state index in [1.54, 1.807) is 12.1 Å². The van der Waals surface area contributed by atoms with Crippen LogP contribution in [0, 0.1) is 0 Å². The molecule has 0 unspecified atom stereocenters. The summed E-state index contributed by atoms with van der Waals surface area (Å²) in [5, 5.41) is 0. The van der Waals surface area contributed by atoms with E-state index in [0.29, 0.717) is 11.3 Å². The number of carbonyl (C=O) groups excluding carboxylic acids is 1. The number of halogens is 1. The summed E-state index contributed by atoms with van der Waals surface area (Å²) in [7, 11) is -3.52. The molecule has 6 heteroatoms. The molecule has 0 aromatic heterocycles. The number of nitrogens with two attached hydrogens (primary N) is 1. The van der Waals surface area contributed by atoms with Crippen molar-refractivity contribution in [3.8, 4) is 0 Å². The minimum Gasteiger partial charge on any atom is -0.399 e. The van der Waals surface area contributed by atoms with Crippen molar-refractivity contribution in [2.24, 2.45) is 0 Å². The molecule has 0 aliphatic carbocycles. The van der Waals surface area contributed by atoms with E-state index in [4.69, 9.17) is 5.73 Å². The Balaban J connectivity index is 3.18. The van der Waals surface area contributed by atoms with E-state index >= 15 is 0 Å². The average molecular weight is 320 g/mol. The number of hydrogen-bond donors (Lipinski definition) is 1. The van der Waals surface area contributed by atoms with Gasteiger partial charge < -0.3 is 5.73 Å². The van der Waals surface area contributed by atoms with E-state index in [-0.39, 0.29) is 5.75 Å². The topological polar surface area (TPSA) is 77.2 Å². The molecule has 0 aliphatic heterocycles. The minimum absolute atomic E-state index is 0.102. The number of rotatable bonds is 4. The van der Waals surface area contributed by atoms with Gasteiger partial charge in [-0.2, -0.15) is 0 Å². The molecule has 1 aromatic rings. The largest absolute Gasteiger partial charge is 0.399 e. The molecule has 4 nitrogen and oxygen atoms in total. The van der Waals surface area contributed by atoms with E-state index in [2.05, 4.69) is 15.9 Å². The zero-order valence-corrected chi connectivity index (χ0v) is 12.0. The van der Waals surface area contributed by atoms with Crippen LogP contribution < -0.4 is 5.73 Å². The number of alkyl halides is 1. The highest BCUT2D eigenvalue weighted by atomic mass is 79.9. The highest BCUT2D eigenvalue weighted by molar-refractivity contribution is 9.12. The maximum absolute atomic E-state index is 12.1. The summed E-state index contributed by atoms with van der Waals surface area (Å²) in [5.41, 5.74) is 6.35. The van der Waals surface area contributed by atoms with Crippen LogP contribution in [0.4, 0.5) is 5.69 Å². The van der Waals surface area contributed by atoms with Crippen molar-refractivity contribution in [2.45, 2.75) is 17.5 Å². The summed E-state index contributed by atoms with van der Waals surface area (Å²) >= 11 is 3.02. The maximum Gasteiger partial charge on any atom is 0.194 e. The smallest absolute Gasteiger partial charge is 0.194 e. The lowest BCUT2D eigenvalue weighted by Gasteiger charge is -2.20. The van der Waals surface area contributed by atoms with Crippen LogP contribution in [0.15, 0.2) is 24.3 Å². The number of nitrogen functional groups attached to an aromatic ring is 1. The second-order valence-electron chi connectivity index (χ2n) is 3.77. The lowest BCUT2D eigenvalue weighted by Crippen LogP contribution is -2.38. The summed E-state index contributed by atoms with van der Waals surface area (Å²) < 4.78 is 22.0. The SMILES string of the molecule is CCS(=O)(=O)[C@](C)(Br)C(=O)c1ccc(N)cc1. The van der Waals surface area contributed by atoms with Gasteiger partial charge in [-0.05, 0) is 31.2 Å². The van der Waals surface area contributed by atoms with E-state index < -0.39 is 19.3 Å². The van der Waals surface area contributed by atoms with Crippen molar-refractivity contribution in [2.75, 3.05) is 11.5 Å². The molecule has 0 heterocycles. The molecule has 1 atom stereocenters. The Morgan fingerprint density at radius 1 is 1.35 bits per heavy atom. The Morgan fingerprint density at radius 2 is 1.82 bits per heavy atom. The van der Waals surface area contributed by atoms with Gasteiger partial charge in [-0.25, -0.2) is 8.42 Å². The first-order valence-electron chi connectivity index (χ1n) is 5.04. The molecule has 0 amide bonds. The van der Waals surface area contributed by atoms with Crippen LogP contribution in [0.5, 0.6) is 0 Å². The fraction of sp³-hybridized carbons (Fsp3) is 0.364. The number of carbonyl (C=O) groups is 1. The lowest BCUT2D eigenvalue weighted by atomic mass is 10.1. The van der Waals surface area contributed by atoms with E-state index in [0.717, 1.165) is 0 Å². The first-order chi connectivity index (χ1) is 7.72. The maximum atomic E-state index is 12.1. The molecule has 2 N–H and O–H groups in total. The molecule has 1 rings (SSSR count). The van der Waals surface area contributed by atoms with Crippen LogP contribution in [0.3, 0.4) is 0 Å². The molecular weight excluding hydrogens is 306 g/mol. The zero-order valence-electron chi connectivity index (χ0n) is 9.60. The third kappa shape index (κ3) is 2.69. The van der Waals surface area contributed by atoms with E-state index in [1.807, 2.05) is 0 Å². The van der Waals surface area contributed by atoms with E-state index in [9.17, 15) is 13.2 Å². The van der Waals surface area contributed by atoms with Crippen LogP contribution in [-0.2, 0) is 9.84 Å². The van der Waals surface area contributed by atoms with Crippen molar-refractivity contribution >= 4 is 37.2 Å². The zero-order chi connectivity index (χ0) is 13.3. The van der Waals surface area contributed by atoms with Gasteiger partial charge in [-0.3, -0.25) is 4.79 Å². The highest BCUT2D eigenvalue weighted by Gasteiger charge is 2.42. The van der Waals surface area contributed by atoms with Crippen molar-refractivity contribution in [3.05, 3.63) is 29.8 Å². The Labute approximate surface area is 109 Å². The fourth-order valence-electron chi connectivity index (χ4n) is 1.30. The van der Waals surface area contributed by atoms with Crippen molar-refractivity contribution in [3.63, 3.8) is 0 Å². The summed E-state index contributed by atoms with van der Waals surface area (Å²) in [5.74, 6) is -0.588. The van der Waals surface area contributed by atoms with Crippen LogP contribution in [0.2, 0.25) is 0 Å². The number of benzene rings is 1. The summed E-state index contributed by atoms with van der Waals surface area (Å²) in [4.78, 5) is 12.1. The summed E-state index contributed by atoms with van der Waals surface area (Å²) in [6.07, 6.45) is 0. The van der Waals surface area contributed by atoms with Crippen molar-refractivity contribution in [1.29, 1.82) is 0 Å². The van der Waals surface area contributed by atoms with Gasteiger partial charge in [0.25, 0.3) is 0 Å². The van der Waals surface area contributed by atoms with Gasteiger partial charge in [0.1, 0.15) is 0 Å². The Kier molecular flexibility index (Phi) is 3.99. The monoisotopic (exact) mass is 319 g/mol. The van der Waals surface area contributed by atoms with Gasteiger partial charge in [0, 0.05) is 17.0 Å². The average Bonchev–Trinajstić information content (AvgIpc) is 2.28. The Hall–Kier alpha value is -0.880. The predicted molar refractivity (Wildman–Crippen MR) is 72.0 cm³/mol. The van der Waals surface area contributed by atoms with Crippen LogP contribution in [0.25, 0.3) is 0 Å². The molecule has 0 bridgehead atoms. The number of anilines is 1. The molecule has 17 heavy (non-hydrogen) atoms. The molecule has 0 saturated carbocycles. The molecule has 0 spiro atoms. The van der Waals surface area contributed by atoms with Gasteiger partial charge in [-0.15, -0.1) is 0 Å². The second kappa shape index (κ2) is 4.78. The summed E-state index contributed by atoms with van der Waals surface area (Å²) in [6.45, 7) is 2.86.